The van der Waals surface area contributed by atoms with Gasteiger partial charge in [0.2, 0.25) is 0 Å². The molecule has 0 saturated heterocycles. The van der Waals surface area contributed by atoms with Crippen LogP contribution in [0.3, 0.4) is 0 Å². The van der Waals surface area contributed by atoms with Gasteiger partial charge in [0.05, 0.1) is 0 Å². The van der Waals surface area contributed by atoms with Crippen molar-refractivity contribution >= 4 is 19.8 Å². The Kier molecular flexibility index (Phi) is 18.3. The summed E-state index contributed by atoms with van der Waals surface area (Å²) in [5.74, 6) is 0. The maximum atomic E-state index is 2.33. The normalized spacial score (nSPS) is 10.3. The van der Waals surface area contributed by atoms with Crippen LogP contribution in [0.15, 0.2) is 0 Å². The molecule has 0 amide bonds. The second kappa shape index (κ2) is 14.4. The second-order valence-electron chi connectivity index (χ2n) is 4.06. The SMILES string of the molecule is CCC[CH2][Sn-]([CH2]CCC)[CH2]CCC.[Li+]. The van der Waals surface area contributed by atoms with Gasteiger partial charge in [0.25, 0.3) is 0 Å². The number of unbranched alkanes of at least 4 members (excludes halogenated alkanes) is 3. The molecule has 0 spiro atoms. The topological polar surface area (TPSA) is 0 Å². The fourth-order valence-corrected chi connectivity index (χ4v) is 11.1. The van der Waals surface area contributed by atoms with E-state index in [0.717, 1.165) is 0 Å². The van der Waals surface area contributed by atoms with Crippen LogP contribution in [0.2, 0.25) is 13.3 Å². The minimum atomic E-state index is -0.839. The molecule has 0 aliphatic rings. The van der Waals surface area contributed by atoms with E-state index in [2.05, 4.69) is 20.8 Å². The van der Waals surface area contributed by atoms with Crippen LogP contribution in [0, 0.1) is 0 Å². The van der Waals surface area contributed by atoms with Crippen molar-refractivity contribution in [2.24, 2.45) is 0 Å². The molecule has 0 rings (SSSR count). The second-order valence-corrected chi connectivity index (χ2v) is 12.6. The molecule has 0 aromatic rings. The fourth-order valence-electron chi connectivity index (χ4n) is 1.66. The third-order valence-electron chi connectivity index (χ3n) is 2.65. The largest absolute Gasteiger partial charge is 1.00 e. The Bertz CT molecular complexity index is 77.3. The minimum Gasteiger partial charge on any atom is 1.00 e. The zero-order valence-corrected chi connectivity index (χ0v) is 13.7. The van der Waals surface area contributed by atoms with Crippen LogP contribution in [0.4, 0.5) is 0 Å². The Morgan fingerprint density at radius 3 is 1.14 bits per heavy atom. The number of rotatable bonds is 9. The molecule has 2 heteroatoms. The number of hydrogen-bond donors (Lipinski definition) is 0. The van der Waals surface area contributed by atoms with Crippen LogP contribution in [-0.2, 0) is 0 Å². The van der Waals surface area contributed by atoms with Crippen LogP contribution < -0.4 is 18.9 Å². The molecule has 0 radical (unpaired) electrons. The summed E-state index contributed by atoms with van der Waals surface area (Å²) in [7, 11) is 0. The van der Waals surface area contributed by atoms with Gasteiger partial charge < -0.3 is 0 Å². The van der Waals surface area contributed by atoms with E-state index < -0.39 is 19.8 Å². The molecule has 0 aromatic carbocycles. The average molecular weight is 297 g/mol. The third-order valence-corrected chi connectivity index (χ3v) is 11.7. The molecule has 0 heterocycles. The summed E-state index contributed by atoms with van der Waals surface area (Å²) in [6, 6.07) is 0. The van der Waals surface area contributed by atoms with Gasteiger partial charge >= 0.3 is 111 Å². The van der Waals surface area contributed by atoms with Gasteiger partial charge in [-0.05, 0) is 0 Å². The van der Waals surface area contributed by atoms with Crippen molar-refractivity contribution in [1.29, 1.82) is 0 Å². The maximum Gasteiger partial charge on any atom is 1.00 e. The van der Waals surface area contributed by atoms with Crippen LogP contribution in [0.5, 0.6) is 0 Å². The average Bonchev–Trinajstić information content (AvgIpc) is 2.17. The molecule has 0 nitrogen and oxygen atoms in total. The molecule has 0 unspecified atom stereocenters. The van der Waals surface area contributed by atoms with Crippen molar-refractivity contribution in [2.45, 2.75) is 72.6 Å². The van der Waals surface area contributed by atoms with Crippen LogP contribution >= 0.6 is 0 Å². The summed E-state index contributed by atoms with van der Waals surface area (Å²) in [5, 5.41) is 0. The summed E-state index contributed by atoms with van der Waals surface area (Å²) in [6.45, 7) is 7.00. The molecular formula is C12H27LiSn. The number of hydrogen-bond acceptors (Lipinski definition) is 0. The third kappa shape index (κ3) is 11.5. The van der Waals surface area contributed by atoms with Gasteiger partial charge in [-0.15, -0.1) is 0 Å². The van der Waals surface area contributed by atoms with Crippen LogP contribution in [-0.4, -0.2) is 19.8 Å². The van der Waals surface area contributed by atoms with Gasteiger partial charge in [0.1, 0.15) is 0 Å². The summed E-state index contributed by atoms with van der Waals surface area (Å²) < 4.78 is 5.04. The van der Waals surface area contributed by atoms with E-state index in [1.54, 1.807) is 13.3 Å². The monoisotopic (exact) mass is 298 g/mol. The molecule has 0 aliphatic heterocycles. The first-order chi connectivity index (χ1) is 6.35. The summed E-state index contributed by atoms with van der Waals surface area (Å²) in [5.41, 5.74) is 0. The van der Waals surface area contributed by atoms with E-state index in [9.17, 15) is 0 Å². The molecule has 0 aromatic heterocycles. The van der Waals surface area contributed by atoms with Gasteiger partial charge in [0, 0.05) is 0 Å². The fraction of sp³-hybridized carbons (Fsp3) is 1.00. The van der Waals surface area contributed by atoms with E-state index in [0.29, 0.717) is 0 Å². The minimum absolute atomic E-state index is 0. The van der Waals surface area contributed by atoms with Gasteiger partial charge in [0.15, 0.2) is 0 Å². The molecule has 14 heavy (non-hydrogen) atoms. The van der Waals surface area contributed by atoms with E-state index >= 15 is 0 Å². The molecule has 0 aliphatic carbocycles. The van der Waals surface area contributed by atoms with Crippen molar-refractivity contribution in [3.63, 3.8) is 0 Å². The smallest absolute Gasteiger partial charge is 1.00 e. The summed E-state index contributed by atoms with van der Waals surface area (Å²) >= 11 is -0.839. The molecule has 0 N–H and O–H groups in total. The molecule has 80 valence electrons. The molecule has 0 atom stereocenters. The van der Waals surface area contributed by atoms with Gasteiger partial charge in [-0.25, -0.2) is 0 Å². The zero-order chi connectivity index (χ0) is 9.94. The van der Waals surface area contributed by atoms with E-state index in [1.807, 2.05) is 0 Å². The summed E-state index contributed by atoms with van der Waals surface area (Å²) in [4.78, 5) is 0. The van der Waals surface area contributed by atoms with Crippen molar-refractivity contribution in [3.8, 4) is 0 Å². The van der Waals surface area contributed by atoms with Gasteiger partial charge in [-0.1, -0.05) is 0 Å². The first-order valence-electron chi connectivity index (χ1n) is 6.18. The first kappa shape index (κ1) is 17.8. The van der Waals surface area contributed by atoms with Crippen molar-refractivity contribution in [3.05, 3.63) is 0 Å². The van der Waals surface area contributed by atoms with Gasteiger partial charge in [-0.3, -0.25) is 0 Å². The van der Waals surface area contributed by atoms with Crippen molar-refractivity contribution in [1.82, 2.24) is 0 Å². The van der Waals surface area contributed by atoms with Crippen molar-refractivity contribution in [2.75, 3.05) is 0 Å². The Morgan fingerprint density at radius 2 is 0.929 bits per heavy atom. The van der Waals surface area contributed by atoms with E-state index in [4.69, 9.17) is 0 Å². The quantitative estimate of drug-likeness (QED) is 0.570. The Labute approximate surface area is 111 Å². The molecule has 0 saturated carbocycles. The Balaban J connectivity index is 0. The summed E-state index contributed by atoms with van der Waals surface area (Å²) in [6.07, 6.45) is 8.85. The predicted molar refractivity (Wildman–Crippen MR) is 64.9 cm³/mol. The Morgan fingerprint density at radius 1 is 0.643 bits per heavy atom. The van der Waals surface area contributed by atoms with E-state index in [1.165, 1.54) is 38.5 Å². The molecular weight excluding hydrogens is 270 g/mol. The molecule has 0 fully saturated rings. The van der Waals surface area contributed by atoms with Crippen LogP contribution in [0.25, 0.3) is 0 Å². The maximum absolute atomic E-state index is 2.33. The molecule has 0 bridgehead atoms. The van der Waals surface area contributed by atoms with E-state index in [-0.39, 0.29) is 18.9 Å². The van der Waals surface area contributed by atoms with Crippen molar-refractivity contribution < 1.29 is 18.9 Å². The standard InChI is InChI=1S/3C4H9.Li.Sn/c3*1-3-4-2;;/h3*1,3-4H2,2H3;;/q;;;+1;-1. The van der Waals surface area contributed by atoms with Crippen LogP contribution in [0.1, 0.15) is 59.3 Å². The Hall–Kier alpha value is 1.40. The zero-order valence-electron chi connectivity index (χ0n) is 10.9. The predicted octanol–water partition coefficient (Wildman–Crippen LogP) is 1.89. The van der Waals surface area contributed by atoms with Gasteiger partial charge in [-0.2, -0.15) is 0 Å². The first-order valence-corrected chi connectivity index (χ1v) is 12.2.